The normalized spacial score (nSPS) is 15.3. The summed E-state index contributed by atoms with van der Waals surface area (Å²) >= 11 is 0. The van der Waals surface area contributed by atoms with Crippen molar-refractivity contribution in [3.8, 4) is 0 Å². The average molecular weight is 290 g/mol. The molecule has 1 N–H and O–H groups in total. The molecule has 1 aromatic heterocycles. The average Bonchev–Trinajstić information content (AvgIpc) is 2.53. The Morgan fingerprint density at radius 1 is 0.952 bits per heavy atom. The molecule has 0 aliphatic carbocycles. The van der Waals surface area contributed by atoms with E-state index in [0.717, 1.165) is 16.9 Å². The fourth-order valence-electron chi connectivity index (χ4n) is 2.28. The van der Waals surface area contributed by atoms with Crippen LogP contribution in [0.25, 0.3) is 0 Å². The van der Waals surface area contributed by atoms with Crippen LogP contribution in [0.15, 0.2) is 42.6 Å². The lowest BCUT2D eigenvalue weighted by atomic mass is 9.92. The van der Waals surface area contributed by atoms with Gasteiger partial charge in [-0.2, -0.15) is 0 Å². The van der Waals surface area contributed by atoms with E-state index in [-0.39, 0.29) is 5.92 Å². The molecule has 0 fully saturated rings. The lowest BCUT2D eigenvalue weighted by molar-refractivity contribution is 0.185. The summed E-state index contributed by atoms with van der Waals surface area (Å²) in [5, 5.41) is 3.01. The number of nitrogens with zero attached hydrogens (tertiary/aromatic N) is 1. The van der Waals surface area contributed by atoms with Gasteiger partial charge in [0.1, 0.15) is 12.0 Å². The van der Waals surface area contributed by atoms with Crippen molar-refractivity contribution in [3.05, 3.63) is 59.3 Å². The van der Waals surface area contributed by atoms with Crippen LogP contribution in [0, 0.1) is 0 Å². The molecule has 2 rings (SSSR count). The van der Waals surface area contributed by atoms with E-state index in [0.29, 0.717) is 5.56 Å². The third-order valence-electron chi connectivity index (χ3n) is 3.70. The smallest absolute Gasteiger partial charge is 0.156 e. The predicted molar refractivity (Wildman–Crippen MR) is 82.2 cm³/mol. The monoisotopic (exact) mass is 290 g/mol. The number of rotatable bonds is 5. The molecule has 0 saturated carbocycles. The van der Waals surface area contributed by atoms with Crippen LogP contribution < -0.4 is 5.32 Å². The second-order valence-corrected chi connectivity index (χ2v) is 5.19. The molecular formula is C17H20F2N2. The van der Waals surface area contributed by atoms with E-state index in [1.54, 1.807) is 18.3 Å². The Bertz CT molecular complexity index is 582. The summed E-state index contributed by atoms with van der Waals surface area (Å²) in [7, 11) is 1.82. The van der Waals surface area contributed by atoms with Crippen molar-refractivity contribution in [1.82, 2.24) is 4.98 Å². The van der Waals surface area contributed by atoms with E-state index in [4.69, 9.17) is 0 Å². The van der Waals surface area contributed by atoms with Gasteiger partial charge in [-0.05, 0) is 35.7 Å². The second kappa shape index (κ2) is 6.66. The third kappa shape index (κ3) is 3.57. The number of nitrogens with one attached hydrogen (secondary N) is 1. The number of aromatic nitrogens is 1. The predicted octanol–water partition coefficient (Wildman–Crippen LogP) is 4.64. The highest BCUT2D eigenvalue weighted by Crippen LogP contribution is 2.28. The number of hydrogen-bond donors (Lipinski definition) is 1. The zero-order valence-corrected chi connectivity index (χ0v) is 12.5. The maximum absolute atomic E-state index is 13.6. The molecule has 3 atom stereocenters. The van der Waals surface area contributed by atoms with Crippen LogP contribution in [0.5, 0.6) is 0 Å². The number of halogens is 2. The zero-order chi connectivity index (χ0) is 15.4. The molecule has 0 spiro atoms. The first kappa shape index (κ1) is 15.4. The molecule has 3 unspecified atom stereocenters. The highest BCUT2D eigenvalue weighted by Gasteiger charge is 2.18. The molecule has 0 saturated heterocycles. The van der Waals surface area contributed by atoms with Crippen molar-refractivity contribution in [3.63, 3.8) is 0 Å². The number of alkyl halides is 2. The lowest BCUT2D eigenvalue weighted by Gasteiger charge is -2.15. The van der Waals surface area contributed by atoms with Gasteiger partial charge in [-0.3, -0.25) is 0 Å². The number of pyridine rings is 1. The maximum Gasteiger partial charge on any atom is 0.156 e. The SMILES string of the molecule is CNc1cc(C(C)c2ccc(C(F)C(C)F)cc2)ccn1. The van der Waals surface area contributed by atoms with Gasteiger partial charge in [0.2, 0.25) is 0 Å². The zero-order valence-electron chi connectivity index (χ0n) is 12.5. The van der Waals surface area contributed by atoms with E-state index in [1.807, 2.05) is 31.3 Å². The van der Waals surface area contributed by atoms with E-state index in [1.165, 1.54) is 6.92 Å². The van der Waals surface area contributed by atoms with Crippen molar-refractivity contribution in [2.24, 2.45) is 0 Å². The van der Waals surface area contributed by atoms with Gasteiger partial charge in [-0.1, -0.05) is 31.2 Å². The van der Waals surface area contributed by atoms with Gasteiger partial charge < -0.3 is 5.32 Å². The Balaban J connectivity index is 2.21. The molecule has 0 amide bonds. The Morgan fingerprint density at radius 2 is 1.57 bits per heavy atom. The van der Waals surface area contributed by atoms with Gasteiger partial charge in [0.15, 0.2) is 6.17 Å². The van der Waals surface area contributed by atoms with Crippen molar-refractivity contribution in [1.29, 1.82) is 0 Å². The van der Waals surface area contributed by atoms with Gasteiger partial charge >= 0.3 is 0 Å². The van der Waals surface area contributed by atoms with E-state index >= 15 is 0 Å². The van der Waals surface area contributed by atoms with Crippen molar-refractivity contribution >= 4 is 5.82 Å². The minimum atomic E-state index is -1.56. The highest BCUT2D eigenvalue weighted by atomic mass is 19.2. The Hall–Kier alpha value is -1.97. The van der Waals surface area contributed by atoms with Crippen LogP contribution >= 0.6 is 0 Å². The maximum atomic E-state index is 13.6. The Kier molecular flexibility index (Phi) is 4.89. The quantitative estimate of drug-likeness (QED) is 0.867. The molecule has 0 bridgehead atoms. The molecule has 0 aliphatic rings. The molecule has 2 aromatic rings. The van der Waals surface area contributed by atoms with E-state index < -0.39 is 12.3 Å². The summed E-state index contributed by atoms with van der Waals surface area (Å²) in [6.45, 7) is 3.31. The minimum Gasteiger partial charge on any atom is -0.373 e. The molecule has 1 heterocycles. The van der Waals surface area contributed by atoms with Gasteiger partial charge in [0.05, 0.1) is 0 Å². The van der Waals surface area contributed by atoms with Gasteiger partial charge in [-0.25, -0.2) is 13.8 Å². The van der Waals surface area contributed by atoms with Crippen LogP contribution in [0.4, 0.5) is 14.6 Å². The Labute approximate surface area is 124 Å². The van der Waals surface area contributed by atoms with Gasteiger partial charge in [0, 0.05) is 19.2 Å². The summed E-state index contributed by atoms with van der Waals surface area (Å²) < 4.78 is 26.6. The fourth-order valence-corrected chi connectivity index (χ4v) is 2.28. The van der Waals surface area contributed by atoms with Crippen LogP contribution in [0.1, 0.15) is 42.6 Å². The fraction of sp³-hybridized carbons (Fsp3) is 0.353. The first-order valence-electron chi connectivity index (χ1n) is 7.04. The first-order chi connectivity index (χ1) is 10.0. The highest BCUT2D eigenvalue weighted by molar-refractivity contribution is 5.41. The molecule has 21 heavy (non-hydrogen) atoms. The molecular weight excluding hydrogens is 270 g/mol. The number of anilines is 1. The van der Waals surface area contributed by atoms with Crippen molar-refractivity contribution in [2.75, 3.05) is 12.4 Å². The summed E-state index contributed by atoms with van der Waals surface area (Å²) in [5.41, 5.74) is 2.56. The van der Waals surface area contributed by atoms with Crippen LogP contribution in [-0.2, 0) is 0 Å². The van der Waals surface area contributed by atoms with Crippen molar-refractivity contribution in [2.45, 2.75) is 32.1 Å². The van der Waals surface area contributed by atoms with Crippen molar-refractivity contribution < 1.29 is 8.78 Å². The lowest BCUT2D eigenvalue weighted by Crippen LogP contribution is -2.05. The molecule has 112 valence electrons. The topological polar surface area (TPSA) is 24.9 Å². The Morgan fingerprint density at radius 3 is 2.14 bits per heavy atom. The molecule has 2 nitrogen and oxygen atoms in total. The minimum absolute atomic E-state index is 0.162. The summed E-state index contributed by atoms with van der Waals surface area (Å²) in [4.78, 5) is 4.19. The number of hydrogen-bond acceptors (Lipinski definition) is 2. The van der Waals surface area contributed by atoms with Gasteiger partial charge in [-0.15, -0.1) is 0 Å². The largest absolute Gasteiger partial charge is 0.373 e. The molecule has 1 aromatic carbocycles. The second-order valence-electron chi connectivity index (χ2n) is 5.19. The van der Waals surface area contributed by atoms with E-state index in [2.05, 4.69) is 17.2 Å². The standard InChI is InChI=1S/C17H20F2N2/c1-11(15-8-9-21-16(10-15)20-3)13-4-6-14(7-5-13)17(19)12(2)18/h4-12,17H,1-3H3,(H,20,21). The van der Waals surface area contributed by atoms with Crippen LogP contribution in [-0.4, -0.2) is 18.2 Å². The van der Waals surface area contributed by atoms with Gasteiger partial charge in [0.25, 0.3) is 0 Å². The molecule has 0 radical (unpaired) electrons. The third-order valence-corrected chi connectivity index (χ3v) is 3.70. The molecule has 0 aliphatic heterocycles. The molecule has 4 heteroatoms. The van der Waals surface area contributed by atoms with Crippen LogP contribution in [0.2, 0.25) is 0 Å². The summed E-state index contributed by atoms with van der Waals surface area (Å²) in [5.74, 6) is 0.973. The summed E-state index contributed by atoms with van der Waals surface area (Å²) in [6, 6.07) is 11.0. The number of benzene rings is 1. The summed E-state index contributed by atoms with van der Waals surface area (Å²) in [6.07, 6.45) is -1.30. The van der Waals surface area contributed by atoms with E-state index in [9.17, 15) is 8.78 Å². The van der Waals surface area contributed by atoms with Crippen LogP contribution in [0.3, 0.4) is 0 Å². The first-order valence-corrected chi connectivity index (χ1v) is 7.04.